The van der Waals surface area contributed by atoms with Gasteiger partial charge in [0.15, 0.2) is 0 Å². The van der Waals surface area contributed by atoms with Crippen LogP contribution in [0.15, 0.2) is 0 Å². The molecule has 2 heteroatoms. The maximum Gasteiger partial charge on any atom is 0.0578 e. The highest BCUT2D eigenvalue weighted by Gasteiger charge is 2.21. The monoisotopic (exact) mass is 234 g/mol. The van der Waals surface area contributed by atoms with E-state index in [4.69, 9.17) is 4.74 Å². The number of hydrogen-bond acceptors (Lipinski definition) is 1. The molecule has 3 unspecified atom stereocenters. The maximum atomic E-state index is 5.60. The smallest absolute Gasteiger partial charge is 0.0578 e. The van der Waals surface area contributed by atoms with Gasteiger partial charge in [-0.3, -0.25) is 0 Å². The summed E-state index contributed by atoms with van der Waals surface area (Å²) in [4.78, 5) is 0.668. The quantitative estimate of drug-likeness (QED) is 0.679. The van der Waals surface area contributed by atoms with Gasteiger partial charge in [-0.25, -0.2) is 0 Å². The molecule has 0 aromatic rings. The van der Waals surface area contributed by atoms with E-state index >= 15 is 0 Å². The Morgan fingerprint density at radius 2 is 2.33 bits per heavy atom. The second-order valence-corrected chi connectivity index (χ2v) is 4.95. The topological polar surface area (TPSA) is 9.23 Å². The lowest BCUT2D eigenvalue weighted by Gasteiger charge is -2.19. The predicted molar refractivity (Wildman–Crippen MR) is 55.8 cm³/mol. The first-order chi connectivity index (χ1) is 5.74. The standard InChI is InChI=1S/C10H19BrO/c1-3-10(11)8(2)7-9-5-4-6-12-9/h8-10H,3-7H2,1-2H3. The van der Waals surface area contributed by atoms with Crippen molar-refractivity contribution in [2.75, 3.05) is 6.61 Å². The highest BCUT2D eigenvalue weighted by molar-refractivity contribution is 9.09. The first-order valence-electron chi connectivity index (χ1n) is 4.99. The molecule has 0 spiro atoms. The lowest BCUT2D eigenvalue weighted by Crippen LogP contribution is -2.17. The van der Waals surface area contributed by atoms with Crippen molar-refractivity contribution in [3.63, 3.8) is 0 Å². The van der Waals surface area contributed by atoms with Gasteiger partial charge in [-0.15, -0.1) is 0 Å². The molecular weight excluding hydrogens is 216 g/mol. The second kappa shape index (κ2) is 5.23. The molecule has 72 valence electrons. The van der Waals surface area contributed by atoms with Gasteiger partial charge < -0.3 is 4.74 Å². The number of ether oxygens (including phenoxy) is 1. The van der Waals surface area contributed by atoms with Gasteiger partial charge >= 0.3 is 0 Å². The van der Waals surface area contributed by atoms with Crippen LogP contribution in [0.3, 0.4) is 0 Å². The van der Waals surface area contributed by atoms with Gasteiger partial charge in [0, 0.05) is 11.4 Å². The Bertz CT molecular complexity index is 121. The molecule has 12 heavy (non-hydrogen) atoms. The van der Waals surface area contributed by atoms with E-state index in [1.807, 2.05) is 0 Å². The van der Waals surface area contributed by atoms with Crippen LogP contribution in [0.5, 0.6) is 0 Å². The molecule has 1 rings (SSSR count). The fourth-order valence-electron chi connectivity index (χ4n) is 1.79. The molecule has 1 aliphatic rings. The molecule has 1 heterocycles. The van der Waals surface area contributed by atoms with Crippen molar-refractivity contribution in [3.8, 4) is 0 Å². The molecule has 0 aromatic carbocycles. The Kier molecular flexibility index (Phi) is 4.59. The molecule has 0 amide bonds. The largest absolute Gasteiger partial charge is 0.378 e. The Morgan fingerprint density at radius 3 is 2.83 bits per heavy atom. The van der Waals surface area contributed by atoms with Crippen molar-refractivity contribution in [3.05, 3.63) is 0 Å². The fraction of sp³-hybridized carbons (Fsp3) is 1.00. The van der Waals surface area contributed by atoms with Crippen LogP contribution in [0.2, 0.25) is 0 Å². The van der Waals surface area contributed by atoms with E-state index in [0.717, 1.165) is 12.5 Å². The minimum atomic E-state index is 0.548. The van der Waals surface area contributed by atoms with Gasteiger partial charge in [-0.2, -0.15) is 0 Å². The summed E-state index contributed by atoms with van der Waals surface area (Å²) in [6, 6.07) is 0. The van der Waals surface area contributed by atoms with Crippen LogP contribution < -0.4 is 0 Å². The minimum Gasteiger partial charge on any atom is -0.378 e. The van der Waals surface area contributed by atoms with Crippen LogP contribution in [0.1, 0.15) is 39.5 Å². The molecule has 1 nitrogen and oxygen atoms in total. The number of halogens is 1. The third kappa shape index (κ3) is 3.06. The van der Waals surface area contributed by atoms with Crippen molar-refractivity contribution >= 4 is 15.9 Å². The Hall–Kier alpha value is 0.440. The zero-order valence-electron chi connectivity index (χ0n) is 8.05. The molecule has 1 fully saturated rings. The lowest BCUT2D eigenvalue weighted by molar-refractivity contribution is 0.0915. The van der Waals surface area contributed by atoms with Crippen LogP contribution in [-0.2, 0) is 4.74 Å². The van der Waals surface area contributed by atoms with Crippen LogP contribution in [0.4, 0.5) is 0 Å². The van der Waals surface area contributed by atoms with Gasteiger partial charge in [0.1, 0.15) is 0 Å². The van der Waals surface area contributed by atoms with E-state index < -0.39 is 0 Å². The molecule has 0 aliphatic carbocycles. The summed E-state index contributed by atoms with van der Waals surface area (Å²) in [5, 5.41) is 0. The van der Waals surface area contributed by atoms with Crippen molar-refractivity contribution in [1.29, 1.82) is 0 Å². The third-order valence-electron chi connectivity index (χ3n) is 2.67. The summed E-state index contributed by atoms with van der Waals surface area (Å²) in [6.45, 7) is 5.52. The van der Waals surface area contributed by atoms with Crippen LogP contribution in [0, 0.1) is 5.92 Å². The first-order valence-corrected chi connectivity index (χ1v) is 5.91. The predicted octanol–water partition coefficient (Wildman–Crippen LogP) is 3.37. The highest BCUT2D eigenvalue weighted by Crippen LogP contribution is 2.25. The van der Waals surface area contributed by atoms with E-state index in [-0.39, 0.29) is 0 Å². The van der Waals surface area contributed by atoms with Gasteiger partial charge in [0.05, 0.1) is 6.10 Å². The number of hydrogen-bond donors (Lipinski definition) is 0. The summed E-state index contributed by atoms with van der Waals surface area (Å²) in [7, 11) is 0. The van der Waals surface area contributed by atoms with Crippen molar-refractivity contribution in [2.24, 2.45) is 5.92 Å². The van der Waals surface area contributed by atoms with Crippen LogP contribution in [-0.4, -0.2) is 17.5 Å². The van der Waals surface area contributed by atoms with Gasteiger partial charge in [0.2, 0.25) is 0 Å². The Labute approximate surface area is 84.0 Å². The summed E-state index contributed by atoms with van der Waals surface area (Å²) in [5.74, 6) is 0.748. The summed E-state index contributed by atoms with van der Waals surface area (Å²) in [6.07, 6.45) is 5.52. The summed E-state index contributed by atoms with van der Waals surface area (Å²) in [5.41, 5.74) is 0. The molecule has 0 aromatic heterocycles. The minimum absolute atomic E-state index is 0.548. The normalized spacial score (nSPS) is 28.8. The highest BCUT2D eigenvalue weighted by atomic mass is 79.9. The van der Waals surface area contributed by atoms with Crippen molar-refractivity contribution < 1.29 is 4.74 Å². The van der Waals surface area contributed by atoms with E-state index in [0.29, 0.717) is 10.9 Å². The van der Waals surface area contributed by atoms with Gasteiger partial charge in [-0.1, -0.05) is 29.8 Å². The van der Waals surface area contributed by atoms with E-state index in [2.05, 4.69) is 29.8 Å². The molecule has 1 saturated heterocycles. The zero-order chi connectivity index (χ0) is 8.97. The summed E-state index contributed by atoms with van der Waals surface area (Å²) >= 11 is 3.69. The molecule has 0 radical (unpaired) electrons. The van der Waals surface area contributed by atoms with Gasteiger partial charge in [0.25, 0.3) is 0 Å². The van der Waals surface area contributed by atoms with Gasteiger partial charge in [-0.05, 0) is 31.6 Å². The summed E-state index contributed by atoms with van der Waals surface area (Å²) < 4.78 is 5.60. The average Bonchev–Trinajstić information content (AvgIpc) is 2.55. The SMILES string of the molecule is CCC(Br)C(C)CC1CCCO1. The van der Waals surface area contributed by atoms with E-state index in [1.54, 1.807) is 0 Å². The molecule has 1 aliphatic heterocycles. The lowest BCUT2D eigenvalue weighted by atomic mass is 9.97. The molecule has 0 N–H and O–H groups in total. The van der Waals surface area contributed by atoms with Crippen LogP contribution >= 0.6 is 15.9 Å². The van der Waals surface area contributed by atoms with Crippen molar-refractivity contribution in [1.82, 2.24) is 0 Å². The van der Waals surface area contributed by atoms with Crippen LogP contribution in [0.25, 0.3) is 0 Å². The molecule has 0 saturated carbocycles. The number of alkyl halides is 1. The van der Waals surface area contributed by atoms with Crippen molar-refractivity contribution in [2.45, 2.75) is 50.5 Å². The molecular formula is C10H19BrO. The fourth-order valence-corrected chi connectivity index (χ4v) is 2.01. The second-order valence-electron chi connectivity index (χ2n) is 3.77. The maximum absolute atomic E-state index is 5.60. The molecule has 3 atom stereocenters. The molecule has 0 bridgehead atoms. The third-order valence-corrected chi connectivity index (χ3v) is 4.22. The Balaban J connectivity index is 2.19. The number of rotatable bonds is 4. The zero-order valence-corrected chi connectivity index (χ0v) is 9.64. The Morgan fingerprint density at radius 1 is 1.58 bits per heavy atom. The van der Waals surface area contributed by atoms with E-state index in [1.165, 1.54) is 25.7 Å². The van der Waals surface area contributed by atoms with E-state index in [9.17, 15) is 0 Å². The first kappa shape index (κ1) is 10.5. The average molecular weight is 235 g/mol.